The minimum absolute atomic E-state index is 0.0871. The number of hydrogen-bond acceptors (Lipinski definition) is 8. The summed E-state index contributed by atoms with van der Waals surface area (Å²) >= 11 is 0. The molecule has 0 spiro atoms. The van der Waals surface area contributed by atoms with Crippen molar-refractivity contribution in [1.82, 2.24) is 25.1 Å². The predicted octanol–water partition coefficient (Wildman–Crippen LogP) is 2.35. The maximum Gasteiger partial charge on any atom is 0.253 e. The number of pyridine rings is 2. The van der Waals surface area contributed by atoms with Crippen LogP contribution in [0.15, 0.2) is 16.9 Å². The van der Waals surface area contributed by atoms with Crippen LogP contribution in [0.5, 0.6) is 0 Å². The van der Waals surface area contributed by atoms with Gasteiger partial charge in [-0.1, -0.05) is 0 Å². The number of nitrogens with one attached hydrogen (secondary N) is 4. The van der Waals surface area contributed by atoms with E-state index in [-0.39, 0.29) is 24.1 Å². The summed E-state index contributed by atoms with van der Waals surface area (Å²) in [6, 6.07) is 4.35. The second kappa shape index (κ2) is 12.1. The molecule has 2 aliphatic rings. The fourth-order valence-corrected chi connectivity index (χ4v) is 5.43. The van der Waals surface area contributed by atoms with E-state index in [1.54, 1.807) is 6.07 Å². The van der Waals surface area contributed by atoms with Gasteiger partial charge in [0.1, 0.15) is 11.6 Å². The summed E-state index contributed by atoms with van der Waals surface area (Å²) in [6.45, 7) is 14.0. The Balaban J connectivity index is 1.55. The van der Waals surface area contributed by atoms with Crippen molar-refractivity contribution < 1.29 is 4.79 Å². The molecule has 4 heterocycles. The molecule has 2 fully saturated rings. The van der Waals surface area contributed by atoms with Gasteiger partial charge in [0.05, 0.1) is 5.56 Å². The minimum Gasteiger partial charge on any atom is -0.367 e. The Hall–Kier alpha value is -3.24. The van der Waals surface area contributed by atoms with Crippen molar-refractivity contribution in [2.24, 2.45) is 0 Å². The number of likely N-dealkylation sites (N-methyl/N-ethyl adjacent to an activating group) is 1. The molecule has 38 heavy (non-hydrogen) atoms. The molecule has 0 saturated carbocycles. The summed E-state index contributed by atoms with van der Waals surface area (Å²) in [5, 5.41) is 14.3. The Morgan fingerprint density at radius 2 is 1.84 bits per heavy atom. The second-order valence-corrected chi connectivity index (χ2v) is 10.9. The first kappa shape index (κ1) is 27.8. The molecule has 2 aromatic heterocycles. The van der Waals surface area contributed by atoms with Crippen LogP contribution >= 0.6 is 0 Å². The summed E-state index contributed by atoms with van der Waals surface area (Å²) in [5.74, 6) is 0.943. The first-order valence-corrected chi connectivity index (χ1v) is 13.6. The molecule has 4 rings (SSSR count). The van der Waals surface area contributed by atoms with Gasteiger partial charge in [0.2, 0.25) is 0 Å². The van der Waals surface area contributed by atoms with Crippen molar-refractivity contribution in [3.05, 3.63) is 50.4 Å². The van der Waals surface area contributed by atoms with Crippen molar-refractivity contribution in [2.45, 2.75) is 59.2 Å². The summed E-state index contributed by atoms with van der Waals surface area (Å²) in [6.07, 6.45) is 3.29. The number of rotatable bonds is 8. The van der Waals surface area contributed by atoms with Gasteiger partial charge >= 0.3 is 0 Å². The van der Waals surface area contributed by atoms with Crippen molar-refractivity contribution in [3.63, 3.8) is 0 Å². The van der Waals surface area contributed by atoms with E-state index in [1.807, 2.05) is 33.8 Å². The molecule has 0 atom stereocenters. The molecule has 1 amide bonds. The van der Waals surface area contributed by atoms with Crippen molar-refractivity contribution >= 4 is 23.8 Å². The highest BCUT2D eigenvalue weighted by molar-refractivity contribution is 6.05. The van der Waals surface area contributed by atoms with Crippen molar-refractivity contribution in [2.75, 3.05) is 56.5 Å². The summed E-state index contributed by atoms with van der Waals surface area (Å²) < 4.78 is 0. The smallest absolute Gasteiger partial charge is 0.253 e. The van der Waals surface area contributed by atoms with E-state index < -0.39 is 0 Å². The number of piperazine rings is 1. The zero-order chi connectivity index (χ0) is 27.4. The topological polar surface area (TPSA) is 120 Å². The van der Waals surface area contributed by atoms with Gasteiger partial charge in [-0.25, -0.2) is 4.98 Å². The third-order valence-corrected chi connectivity index (χ3v) is 7.62. The van der Waals surface area contributed by atoms with Gasteiger partial charge in [-0.15, -0.1) is 0 Å². The van der Waals surface area contributed by atoms with Gasteiger partial charge in [-0.05, 0) is 65.3 Å². The van der Waals surface area contributed by atoms with E-state index in [0.29, 0.717) is 28.6 Å². The largest absolute Gasteiger partial charge is 0.367 e. The van der Waals surface area contributed by atoms with E-state index in [1.165, 1.54) is 6.21 Å². The van der Waals surface area contributed by atoms with E-state index in [4.69, 9.17) is 10.4 Å². The second-order valence-electron chi connectivity index (χ2n) is 10.9. The van der Waals surface area contributed by atoms with Crippen LogP contribution in [0.3, 0.4) is 0 Å². The van der Waals surface area contributed by atoms with Crippen LogP contribution in [-0.4, -0.2) is 90.3 Å². The lowest BCUT2D eigenvalue weighted by molar-refractivity contribution is 0.0950. The number of nitrogens with zero attached hydrogens (tertiary/aromatic N) is 4. The van der Waals surface area contributed by atoms with E-state index in [0.717, 1.165) is 69.2 Å². The van der Waals surface area contributed by atoms with Crippen LogP contribution in [0, 0.1) is 19.3 Å². The number of aromatic nitrogens is 2. The first-order valence-electron chi connectivity index (χ1n) is 13.6. The quantitative estimate of drug-likeness (QED) is 0.393. The number of aryl methyl sites for hydroxylation is 2. The van der Waals surface area contributed by atoms with Crippen molar-refractivity contribution in [1.29, 1.82) is 5.41 Å². The molecule has 0 unspecified atom stereocenters. The molecular formula is C28H42N8O2. The number of anilines is 2. The average molecular weight is 523 g/mol. The molecule has 206 valence electrons. The number of H-pyrrole nitrogens is 1. The highest BCUT2D eigenvalue weighted by atomic mass is 16.1. The van der Waals surface area contributed by atoms with Gasteiger partial charge in [0, 0.05) is 80.9 Å². The zero-order valence-electron chi connectivity index (χ0n) is 23.4. The lowest BCUT2D eigenvalue weighted by atomic mass is 10.0. The monoisotopic (exact) mass is 522 g/mol. The molecule has 0 aliphatic carbocycles. The van der Waals surface area contributed by atoms with Crippen LogP contribution < -0.4 is 21.1 Å². The van der Waals surface area contributed by atoms with E-state index >= 15 is 0 Å². The van der Waals surface area contributed by atoms with Crippen LogP contribution in [0.25, 0.3) is 0 Å². The number of carbonyl (C=O) groups excluding carboxylic acids is 1. The van der Waals surface area contributed by atoms with Crippen LogP contribution in [0.1, 0.15) is 59.4 Å². The van der Waals surface area contributed by atoms with Gasteiger partial charge in [0.25, 0.3) is 11.5 Å². The van der Waals surface area contributed by atoms with Gasteiger partial charge in [0.15, 0.2) is 0 Å². The molecule has 2 saturated heterocycles. The molecular weight excluding hydrogens is 480 g/mol. The SMILES string of the molecule is Cc1cc(C)c(CNC(=O)c2cc(N3CCC(N4CCN(C)CC4)CC3)nc(NC(C)C)c2C=N)c(=O)[nH]1. The Kier molecular flexibility index (Phi) is 8.83. The average Bonchev–Trinajstić information content (AvgIpc) is 2.87. The number of carbonyl (C=O) groups is 1. The molecule has 4 N–H and O–H groups in total. The van der Waals surface area contributed by atoms with Crippen LogP contribution in [0.4, 0.5) is 11.6 Å². The Morgan fingerprint density at radius 3 is 2.45 bits per heavy atom. The summed E-state index contributed by atoms with van der Waals surface area (Å²) in [7, 11) is 2.18. The summed E-state index contributed by atoms with van der Waals surface area (Å²) in [4.78, 5) is 40.8. The fourth-order valence-electron chi connectivity index (χ4n) is 5.43. The van der Waals surface area contributed by atoms with E-state index in [2.05, 4.69) is 37.4 Å². The normalized spacial score (nSPS) is 17.6. The third-order valence-electron chi connectivity index (χ3n) is 7.62. The lowest BCUT2D eigenvalue weighted by Crippen LogP contribution is -2.52. The Bertz CT molecular complexity index is 1210. The standard InChI is InChI=1S/C28H42N8O2/c1-18(2)31-26-23(16-29)22(27(37)30-17-24-19(3)14-20(4)32-28(24)38)15-25(33-26)36-8-6-21(7-9-36)35-12-10-34(5)11-13-35/h14-16,18,21,29H,6-13,17H2,1-5H3,(H,30,37)(H,31,33)(H,32,38). The molecule has 0 bridgehead atoms. The first-order chi connectivity index (χ1) is 18.2. The number of piperidine rings is 1. The van der Waals surface area contributed by atoms with E-state index in [9.17, 15) is 9.59 Å². The zero-order valence-corrected chi connectivity index (χ0v) is 23.4. The number of aromatic amines is 1. The maximum absolute atomic E-state index is 13.4. The molecule has 0 aromatic carbocycles. The molecule has 10 heteroatoms. The Labute approximate surface area is 225 Å². The number of amides is 1. The lowest BCUT2D eigenvalue weighted by Gasteiger charge is -2.42. The molecule has 10 nitrogen and oxygen atoms in total. The fraction of sp³-hybridized carbons (Fsp3) is 0.571. The van der Waals surface area contributed by atoms with Gasteiger partial charge < -0.3 is 30.8 Å². The van der Waals surface area contributed by atoms with Gasteiger partial charge in [-0.3, -0.25) is 14.5 Å². The molecule has 2 aliphatic heterocycles. The molecule has 2 aromatic rings. The highest BCUT2D eigenvalue weighted by Gasteiger charge is 2.28. The molecule has 0 radical (unpaired) electrons. The highest BCUT2D eigenvalue weighted by Crippen LogP contribution is 2.27. The van der Waals surface area contributed by atoms with Crippen LogP contribution in [0.2, 0.25) is 0 Å². The van der Waals surface area contributed by atoms with Crippen molar-refractivity contribution in [3.8, 4) is 0 Å². The predicted molar refractivity (Wildman–Crippen MR) is 153 cm³/mol. The van der Waals surface area contributed by atoms with Crippen LogP contribution in [-0.2, 0) is 6.54 Å². The summed E-state index contributed by atoms with van der Waals surface area (Å²) in [5.41, 5.74) is 2.78. The minimum atomic E-state index is -0.328. The third kappa shape index (κ3) is 6.42. The number of hydrogen-bond donors (Lipinski definition) is 4. The Morgan fingerprint density at radius 1 is 1.16 bits per heavy atom. The van der Waals surface area contributed by atoms with Gasteiger partial charge in [-0.2, -0.15) is 0 Å². The maximum atomic E-state index is 13.4.